The van der Waals surface area contributed by atoms with Crippen LogP contribution in [0.15, 0.2) is 60.9 Å². The van der Waals surface area contributed by atoms with Crippen LogP contribution in [0, 0.1) is 22.7 Å². The van der Waals surface area contributed by atoms with Crippen molar-refractivity contribution in [3.8, 4) is 23.6 Å². The Kier molecular flexibility index (Phi) is 36.7. The number of aromatic nitrogens is 2. The van der Waals surface area contributed by atoms with Crippen molar-refractivity contribution in [3.63, 3.8) is 0 Å². The largest absolute Gasteiger partial charge is 0.494 e. The summed E-state index contributed by atoms with van der Waals surface area (Å²) in [6.07, 6.45) is 5.96. The number of rotatable bonds is 44. The third kappa shape index (κ3) is 30.2. The molecule has 3 aliphatic heterocycles. The van der Waals surface area contributed by atoms with Crippen LogP contribution >= 0.6 is 0 Å². The molecule has 3 fully saturated rings. The van der Waals surface area contributed by atoms with Crippen molar-refractivity contribution < 1.29 is 96.5 Å². The van der Waals surface area contributed by atoms with Crippen LogP contribution in [-0.2, 0) is 62.1 Å². The molecule has 586 valence electrons. The summed E-state index contributed by atoms with van der Waals surface area (Å²) in [6.45, 7) is 3.99. The molecule has 7 rings (SSSR count). The van der Waals surface area contributed by atoms with Gasteiger partial charge in [0.05, 0.1) is 140 Å². The lowest BCUT2D eigenvalue weighted by atomic mass is 10.1. The molecule has 36 heteroatoms. The molecule has 36 nitrogen and oxygen atoms in total. The van der Waals surface area contributed by atoms with Crippen molar-refractivity contribution in [1.82, 2.24) is 71.3 Å². The van der Waals surface area contributed by atoms with Crippen molar-refractivity contribution in [3.05, 3.63) is 72.1 Å². The standard InChI is InChI=1S/C72H98N16O20/c73-43-51-5-1-21-87(51)65(92)45-80-70(100)55-13-18-75-59-9-7-53(41-57(55)59)107-31-3-16-77-62(89)12-11-61(72(102)79-17-4-32-108-54-8-10-60-58(42-54)56(14-19-76-60)71(101)81-46-66(93)88-22-2-6-52(88)44-74)82-63(90)15-33-103-35-37-105-39-40-106-38-36-104-34-20-78-64(91)47-83-23-25-84(48-67(94)95)27-29-86(50-69(98)99)30-28-85(26-24-83)49-68(96)97/h7-10,13-14,18-19,41-42,51-52,61H,1-6,11-12,15-17,20-40,45-50H2,(H,77,89)(H,78,91)(H,79,102)(H,80,100)(H,81,101)(H,82,90)(H,94,95)(H,96,97)(H,98,99)/t51-,52-,61+/m0/s1. The van der Waals surface area contributed by atoms with Gasteiger partial charge < -0.3 is 85.4 Å². The first kappa shape index (κ1) is 84.9. The minimum atomic E-state index is -1.11. The summed E-state index contributed by atoms with van der Waals surface area (Å²) in [6, 6.07) is 15.2. The van der Waals surface area contributed by atoms with Gasteiger partial charge in [0.1, 0.15) is 29.6 Å². The van der Waals surface area contributed by atoms with Crippen molar-refractivity contribution in [2.24, 2.45) is 0 Å². The van der Waals surface area contributed by atoms with Gasteiger partial charge in [0.2, 0.25) is 35.4 Å². The smallest absolute Gasteiger partial charge is 0.317 e. The zero-order valence-corrected chi connectivity index (χ0v) is 60.6. The van der Waals surface area contributed by atoms with Crippen molar-refractivity contribution >= 4 is 87.0 Å². The number of hydrogen-bond acceptors (Lipinski definition) is 25. The normalized spacial score (nSPS) is 16.4. The lowest BCUT2D eigenvalue weighted by molar-refractivity contribution is -0.140. The van der Waals surface area contributed by atoms with E-state index in [0.29, 0.717) is 98.0 Å². The highest BCUT2D eigenvalue weighted by Gasteiger charge is 2.31. The van der Waals surface area contributed by atoms with Gasteiger partial charge in [-0.2, -0.15) is 10.5 Å². The molecule has 3 atom stereocenters. The number of carboxylic acid groups (broad SMARTS) is 3. The van der Waals surface area contributed by atoms with Gasteiger partial charge >= 0.3 is 17.9 Å². The minimum absolute atomic E-state index is 0.00726. The Hall–Kier alpha value is -10.3. The molecule has 108 heavy (non-hydrogen) atoms. The topological polar surface area (TPSA) is 469 Å². The van der Waals surface area contributed by atoms with Crippen LogP contribution in [0.3, 0.4) is 0 Å². The molecule has 0 radical (unpaired) electrons. The third-order valence-corrected chi connectivity index (χ3v) is 17.8. The first-order chi connectivity index (χ1) is 52.3. The van der Waals surface area contributed by atoms with E-state index in [9.17, 15) is 78.6 Å². The number of fused-ring (bicyclic) bond motifs is 2. The zero-order valence-electron chi connectivity index (χ0n) is 60.6. The maximum absolute atomic E-state index is 13.7. The molecule has 2 aromatic carbocycles. The van der Waals surface area contributed by atoms with E-state index in [4.69, 9.17) is 28.4 Å². The average Bonchev–Trinajstić information content (AvgIpc) is 0.995. The third-order valence-electron chi connectivity index (χ3n) is 17.8. The Morgan fingerprint density at radius 2 is 0.880 bits per heavy atom. The SMILES string of the molecule is N#C[C@@H]1CCCN1C(=O)CNC(=O)c1ccnc2ccc(OCCCNC(=O)CC[C@@H](NC(=O)CCOCCOCCOCCOCCNC(=O)CN3CCN(CC(=O)O)CCN(CC(=O)O)CCN(CC(=O)O)CC3)C(=O)NCCCOc3ccc4nccc(C(=O)NCC(=O)N5CCC[C@H]5C#N)c4c3)cc12. The fourth-order valence-corrected chi connectivity index (χ4v) is 12.1. The lowest BCUT2D eigenvalue weighted by Gasteiger charge is -2.32. The first-order valence-corrected chi connectivity index (χ1v) is 36.2. The fraction of sp³-hybridized carbons (Fsp3) is 0.569. The molecule has 2 aromatic heterocycles. The predicted molar refractivity (Wildman–Crippen MR) is 386 cm³/mol. The molecular formula is C72H98N16O20. The van der Waals surface area contributed by atoms with E-state index < -0.39 is 59.7 Å². The van der Waals surface area contributed by atoms with E-state index in [1.807, 2.05) is 4.90 Å². The van der Waals surface area contributed by atoms with Crippen LogP contribution in [-0.4, -0.2) is 328 Å². The number of aliphatic carboxylic acids is 3. The number of likely N-dealkylation sites (tertiary alicyclic amines) is 2. The van der Waals surface area contributed by atoms with Gasteiger partial charge in [-0.25, -0.2) is 0 Å². The molecule has 3 aliphatic rings. The Morgan fingerprint density at radius 1 is 0.463 bits per heavy atom. The lowest BCUT2D eigenvalue weighted by Crippen LogP contribution is -2.50. The van der Waals surface area contributed by atoms with Gasteiger partial charge in [0.15, 0.2) is 0 Å². The van der Waals surface area contributed by atoms with Crippen LogP contribution in [0.1, 0.15) is 78.5 Å². The summed E-state index contributed by atoms with van der Waals surface area (Å²) in [5, 5.41) is 64.7. The van der Waals surface area contributed by atoms with Gasteiger partial charge in [-0.3, -0.25) is 82.3 Å². The first-order valence-electron chi connectivity index (χ1n) is 36.2. The molecule has 3 saturated heterocycles. The Morgan fingerprint density at radius 3 is 1.32 bits per heavy atom. The zero-order chi connectivity index (χ0) is 77.4. The monoisotopic (exact) mass is 1510 g/mol. The van der Waals surface area contributed by atoms with Crippen LogP contribution < -0.4 is 41.4 Å². The van der Waals surface area contributed by atoms with Gasteiger partial charge in [0.25, 0.3) is 11.8 Å². The average molecular weight is 1510 g/mol. The van der Waals surface area contributed by atoms with Crippen LogP contribution in [0.5, 0.6) is 11.5 Å². The van der Waals surface area contributed by atoms with E-state index in [1.54, 1.807) is 51.1 Å². The number of nitrogens with zero attached hydrogens (tertiary/aromatic N) is 10. The van der Waals surface area contributed by atoms with Crippen LogP contribution in [0.25, 0.3) is 21.8 Å². The predicted octanol–water partition coefficient (Wildman–Crippen LogP) is -0.945. The molecule has 0 saturated carbocycles. The quantitative estimate of drug-likeness (QED) is 0.0241. The number of ether oxygens (including phenoxy) is 6. The number of amides is 8. The summed E-state index contributed by atoms with van der Waals surface area (Å²) in [5.41, 5.74) is 1.57. The molecule has 0 aliphatic carbocycles. The highest BCUT2D eigenvalue weighted by molar-refractivity contribution is 6.08. The van der Waals surface area contributed by atoms with Crippen molar-refractivity contribution in [1.29, 1.82) is 10.5 Å². The van der Waals surface area contributed by atoms with E-state index in [-0.39, 0.29) is 218 Å². The second kappa shape index (κ2) is 46.7. The number of carbonyl (C=O) groups excluding carboxylic acids is 8. The fourth-order valence-electron chi connectivity index (χ4n) is 12.1. The van der Waals surface area contributed by atoms with Gasteiger partial charge in [-0.15, -0.1) is 0 Å². The summed E-state index contributed by atoms with van der Waals surface area (Å²) >= 11 is 0. The van der Waals surface area contributed by atoms with E-state index in [0.717, 1.165) is 0 Å². The van der Waals surface area contributed by atoms with Gasteiger partial charge in [-0.05, 0) is 93.5 Å². The maximum atomic E-state index is 13.7. The number of nitriles is 2. The number of carbonyl (C=O) groups is 11. The minimum Gasteiger partial charge on any atom is -0.494 e. The number of benzene rings is 2. The molecule has 0 unspecified atom stereocenters. The van der Waals surface area contributed by atoms with E-state index >= 15 is 0 Å². The second-order valence-corrected chi connectivity index (χ2v) is 25.7. The maximum Gasteiger partial charge on any atom is 0.317 e. The number of hydrogen-bond donors (Lipinski definition) is 9. The van der Waals surface area contributed by atoms with E-state index in [2.05, 4.69) is 54.0 Å². The summed E-state index contributed by atoms with van der Waals surface area (Å²) in [7, 11) is 0. The van der Waals surface area contributed by atoms with Gasteiger partial charge in [0, 0.05) is 121 Å². The molecule has 5 heterocycles. The molecule has 0 spiro atoms. The summed E-state index contributed by atoms with van der Waals surface area (Å²) in [4.78, 5) is 159. The molecular weight excluding hydrogens is 1410 g/mol. The second-order valence-electron chi connectivity index (χ2n) is 25.7. The molecule has 9 N–H and O–H groups in total. The Balaban J connectivity index is 0.795. The molecule has 0 bridgehead atoms. The highest BCUT2D eigenvalue weighted by atomic mass is 16.6. The van der Waals surface area contributed by atoms with Crippen LogP contribution in [0.2, 0.25) is 0 Å². The highest BCUT2D eigenvalue weighted by Crippen LogP contribution is 2.25. The molecule has 4 aromatic rings. The van der Waals surface area contributed by atoms with Crippen molar-refractivity contribution in [2.45, 2.75) is 75.9 Å². The summed E-state index contributed by atoms with van der Waals surface area (Å²) < 4.78 is 34.4. The van der Waals surface area contributed by atoms with Crippen LogP contribution in [0.4, 0.5) is 0 Å². The Labute approximate surface area is 624 Å². The number of pyridine rings is 2. The van der Waals surface area contributed by atoms with Crippen molar-refractivity contribution in [2.75, 3.05) is 190 Å². The summed E-state index contributed by atoms with van der Waals surface area (Å²) in [5.74, 6) is -5.73. The Bertz CT molecular complexity index is 3730. The molecule has 8 amide bonds. The van der Waals surface area contributed by atoms with Gasteiger partial charge in [-0.1, -0.05) is 0 Å². The number of carboxylic acids is 3. The number of nitrogens with one attached hydrogen (secondary N) is 6. The van der Waals surface area contributed by atoms with E-state index in [1.165, 1.54) is 34.3 Å².